The molecule has 0 saturated carbocycles. The minimum absolute atomic E-state index is 0.222. The number of rotatable bonds is 8. The molecule has 6 unspecified atom stereocenters. The van der Waals surface area contributed by atoms with Crippen LogP contribution in [0.5, 0.6) is 0 Å². The molecule has 0 aromatic carbocycles. The summed E-state index contributed by atoms with van der Waals surface area (Å²) < 4.78 is 0. The number of hydrogen-bond donors (Lipinski definition) is 6. The zero-order valence-corrected chi connectivity index (χ0v) is 15.6. The Labute approximate surface area is 156 Å². The minimum atomic E-state index is -1.35. The van der Waals surface area contributed by atoms with Crippen LogP contribution in [0.4, 0.5) is 0 Å². The first-order valence-electron chi connectivity index (χ1n) is 8.73. The van der Waals surface area contributed by atoms with Crippen molar-refractivity contribution in [3.05, 3.63) is 0 Å². The summed E-state index contributed by atoms with van der Waals surface area (Å²) in [6.45, 7) is 4.14. The Morgan fingerprint density at radius 3 is 2.15 bits per heavy atom. The van der Waals surface area contributed by atoms with Gasteiger partial charge >= 0.3 is 5.97 Å². The van der Waals surface area contributed by atoms with Crippen LogP contribution >= 0.6 is 0 Å². The van der Waals surface area contributed by atoms with Crippen LogP contribution < -0.4 is 16.4 Å². The first kappa shape index (κ1) is 22.8. The van der Waals surface area contributed by atoms with Gasteiger partial charge in [-0.2, -0.15) is 0 Å². The minimum Gasteiger partial charge on any atom is -0.480 e. The summed E-state index contributed by atoms with van der Waals surface area (Å²) >= 11 is 0. The molecular weight excluding hydrogens is 360 g/mol. The molecule has 1 rings (SSSR count). The maximum Gasteiger partial charge on any atom is 0.325 e. The number of aliphatic hydroxyl groups excluding tert-OH is 2. The van der Waals surface area contributed by atoms with Crippen LogP contribution in [0.15, 0.2) is 0 Å². The first-order chi connectivity index (χ1) is 12.5. The van der Waals surface area contributed by atoms with Crippen molar-refractivity contribution in [2.24, 2.45) is 5.73 Å². The van der Waals surface area contributed by atoms with Gasteiger partial charge in [0.15, 0.2) is 0 Å². The van der Waals surface area contributed by atoms with Crippen LogP contribution in [0.1, 0.15) is 33.6 Å². The van der Waals surface area contributed by atoms with Crippen LogP contribution in [0.2, 0.25) is 0 Å². The van der Waals surface area contributed by atoms with Gasteiger partial charge in [-0.05, 0) is 33.6 Å². The van der Waals surface area contributed by atoms with E-state index in [0.717, 1.165) is 0 Å². The molecule has 11 heteroatoms. The number of likely N-dealkylation sites (tertiary alicyclic amines) is 1. The third-order valence-corrected chi connectivity index (χ3v) is 4.44. The quantitative estimate of drug-likeness (QED) is 0.256. The van der Waals surface area contributed by atoms with E-state index in [4.69, 9.17) is 10.8 Å². The highest BCUT2D eigenvalue weighted by atomic mass is 16.4. The molecule has 1 heterocycles. The number of amides is 3. The smallest absolute Gasteiger partial charge is 0.325 e. The number of aliphatic carboxylic acids is 1. The van der Waals surface area contributed by atoms with Crippen LogP contribution in [0.3, 0.4) is 0 Å². The summed E-state index contributed by atoms with van der Waals surface area (Å²) in [6.07, 6.45) is -1.58. The second-order valence-corrected chi connectivity index (χ2v) is 6.75. The number of carbonyl (C=O) groups excluding carboxylic acids is 3. The van der Waals surface area contributed by atoms with E-state index in [0.29, 0.717) is 12.8 Å². The lowest BCUT2D eigenvalue weighted by atomic mass is 10.1. The van der Waals surface area contributed by atoms with E-state index in [-0.39, 0.29) is 6.54 Å². The molecule has 154 valence electrons. The molecule has 1 aliphatic heterocycles. The lowest BCUT2D eigenvalue weighted by molar-refractivity contribution is -0.146. The van der Waals surface area contributed by atoms with Crippen molar-refractivity contribution in [1.82, 2.24) is 15.5 Å². The summed E-state index contributed by atoms with van der Waals surface area (Å²) in [4.78, 5) is 49.2. The van der Waals surface area contributed by atoms with Gasteiger partial charge in [0.05, 0.1) is 12.2 Å². The van der Waals surface area contributed by atoms with Crippen LogP contribution in [-0.2, 0) is 19.2 Å². The maximum absolute atomic E-state index is 12.8. The number of nitrogens with one attached hydrogen (secondary N) is 2. The molecule has 0 aliphatic carbocycles. The molecule has 1 aliphatic rings. The number of aliphatic hydroxyl groups is 2. The van der Waals surface area contributed by atoms with E-state index < -0.39 is 60.1 Å². The van der Waals surface area contributed by atoms with Gasteiger partial charge in [0.2, 0.25) is 17.7 Å². The monoisotopic (exact) mass is 388 g/mol. The molecule has 7 N–H and O–H groups in total. The third-order valence-electron chi connectivity index (χ3n) is 4.44. The fraction of sp³-hybridized carbons (Fsp3) is 0.750. The average Bonchev–Trinajstić information content (AvgIpc) is 3.07. The van der Waals surface area contributed by atoms with Crippen molar-refractivity contribution >= 4 is 23.7 Å². The van der Waals surface area contributed by atoms with E-state index in [1.54, 1.807) is 0 Å². The van der Waals surface area contributed by atoms with E-state index in [1.165, 1.54) is 25.7 Å². The van der Waals surface area contributed by atoms with E-state index in [2.05, 4.69) is 10.6 Å². The molecular formula is C16H28N4O7. The number of carboxylic acids is 1. The van der Waals surface area contributed by atoms with Gasteiger partial charge in [0.25, 0.3) is 0 Å². The van der Waals surface area contributed by atoms with Gasteiger partial charge in [0.1, 0.15) is 24.2 Å². The van der Waals surface area contributed by atoms with Crippen molar-refractivity contribution in [2.75, 3.05) is 6.54 Å². The summed E-state index contributed by atoms with van der Waals surface area (Å²) in [6, 6.07) is -4.66. The highest BCUT2D eigenvalue weighted by molar-refractivity contribution is 5.94. The Bertz CT molecular complexity index is 581. The Kier molecular flexibility index (Phi) is 8.13. The zero-order chi connectivity index (χ0) is 20.9. The predicted octanol–water partition coefficient (Wildman–Crippen LogP) is -2.86. The average molecular weight is 388 g/mol. The standard InChI is InChI=1S/C16H28N4O7/c1-7(16(26)27)18-13(23)10-5-4-6-20(10)15(25)12(9(3)22)19-14(24)11(17)8(2)21/h7-12,21-22H,4-6,17H2,1-3H3,(H,18,23)(H,19,24)(H,26,27). The van der Waals surface area contributed by atoms with Crippen LogP contribution in [0.25, 0.3) is 0 Å². The Balaban J connectivity index is 2.89. The third kappa shape index (κ3) is 5.88. The van der Waals surface area contributed by atoms with Crippen LogP contribution in [-0.4, -0.2) is 86.8 Å². The molecule has 0 aromatic heterocycles. The lowest BCUT2D eigenvalue weighted by Gasteiger charge is -2.31. The van der Waals surface area contributed by atoms with Crippen LogP contribution in [0, 0.1) is 0 Å². The molecule has 1 fully saturated rings. The lowest BCUT2D eigenvalue weighted by Crippen LogP contribution is -2.60. The molecule has 0 radical (unpaired) electrons. The molecule has 6 atom stereocenters. The van der Waals surface area contributed by atoms with Crippen molar-refractivity contribution in [3.8, 4) is 0 Å². The highest BCUT2D eigenvalue weighted by Gasteiger charge is 2.40. The van der Waals surface area contributed by atoms with Crippen molar-refractivity contribution in [1.29, 1.82) is 0 Å². The maximum atomic E-state index is 12.8. The van der Waals surface area contributed by atoms with E-state index >= 15 is 0 Å². The number of nitrogens with zero attached hydrogens (tertiary/aromatic N) is 1. The first-order valence-corrected chi connectivity index (χ1v) is 8.73. The molecule has 1 saturated heterocycles. The number of nitrogens with two attached hydrogens (primary N) is 1. The van der Waals surface area contributed by atoms with Crippen molar-refractivity contribution in [3.63, 3.8) is 0 Å². The Hall–Kier alpha value is -2.24. The van der Waals surface area contributed by atoms with Gasteiger partial charge in [-0.1, -0.05) is 0 Å². The van der Waals surface area contributed by atoms with Gasteiger partial charge in [0, 0.05) is 6.54 Å². The van der Waals surface area contributed by atoms with E-state index in [9.17, 15) is 29.4 Å². The number of carboxylic acid groups (broad SMARTS) is 1. The van der Waals surface area contributed by atoms with Gasteiger partial charge in [-0.25, -0.2) is 0 Å². The highest BCUT2D eigenvalue weighted by Crippen LogP contribution is 2.19. The molecule has 3 amide bonds. The topological polar surface area (TPSA) is 182 Å². The molecule has 0 spiro atoms. The molecule has 11 nitrogen and oxygen atoms in total. The second-order valence-electron chi connectivity index (χ2n) is 6.75. The number of hydrogen-bond acceptors (Lipinski definition) is 7. The van der Waals surface area contributed by atoms with Gasteiger partial charge in [-0.3, -0.25) is 19.2 Å². The Morgan fingerprint density at radius 1 is 1.07 bits per heavy atom. The van der Waals surface area contributed by atoms with Gasteiger partial charge in [-0.15, -0.1) is 0 Å². The molecule has 27 heavy (non-hydrogen) atoms. The Morgan fingerprint density at radius 2 is 1.67 bits per heavy atom. The normalized spacial score (nSPS) is 22.3. The summed E-state index contributed by atoms with van der Waals surface area (Å²) in [5, 5.41) is 32.8. The fourth-order valence-electron chi connectivity index (χ4n) is 2.71. The van der Waals surface area contributed by atoms with Crippen molar-refractivity contribution in [2.45, 2.75) is 70.0 Å². The summed E-state index contributed by atoms with van der Waals surface area (Å²) in [5.74, 6) is -3.33. The largest absolute Gasteiger partial charge is 0.480 e. The number of carbonyl (C=O) groups is 4. The second kappa shape index (κ2) is 9.62. The SMILES string of the molecule is CC(NC(=O)C1CCCN1C(=O)C(NC(=O)C(N)C(C)O)C(C)O)C(=O)O. The van der Waals surface area contributed by atoms with E-state index in [1.807, 2.05) is 0 Å². The van der Waals surface area contributed by atoms with Gasteiger partial charge < -0.3 is 36.6 Å². The van der Waals surface area contributed by atoms with Crippen molar-refractivity contribution < 1.29 is 34.5 Å². The summed E-state index contributed by atoms with van der Waals surface area (Å²) in [7, 11) is 0. The molecule has 0 aromatic rings. The zero-order valence-electron chi connectivity index (χ0n) is 15.6. The molecule has 0 bridgehead atoms. The predicted molar refractivity (Wildman–Crippen MR) is 93.2 cm³/mol. The summed E-state index contributed by atoms with van der Waals surface area (Å²) in [5.41, 5.74) is 5.53. The fourth-order valence-corrected chi connectivity index (χ4v) is 2.71.